The molecule has 1 aromatic carbocycles. The zero-order chi connectivity index (χ0) is 13.0. The van der Waals surface area contributed by atoms with E-state index in [1.54, 1.807) is 0 Å². The Kier molecular flexibility index (Phi) is 3.67. The molecule has 1 aromatic heterocycles. The highest BCUT2D eigenvalue weighted by Gasteiger charge is 2.06. The molecular weight excluding hydrogens is 226 g/mol. The molecule has 1 N–H and O–H groups in total. The first-order valence-corrected chi connectivity index (χ1v) is 5.83. The van der Waals surface area contributed by atoms with Gasteiger partial charge in [-0.2, -0.15) is 0 Å². The summed E-state index contributed by atoms with van der Waals surface area (Å²) in [7, 11) is 0. The van der Waals surface area contributed by atoms with Gasteiger partial charge in [0.1, 0.15) is 6.33 Å². The number of aromatic nitrogens is 2. The molecule has 1 heterocycles. The first-order valence-electron chi connectivity index (χ1n) is 5.83. The minimum Gasteiger partial charge on any atom is -0.322 e. The molecule has 0 radical (unpaired) electrons. The van der Waals surface area contributed by atoms with Crippen molar-refractivity contribution in [3.8, 4) is 0 Å². The fourth-order valence-corrected chi connectivity index (χ4v) is 1.57. The number of benzene rings is 1. The van der Waals surface area contributed by atoms with Crippen molar-refractivity contribution in [2.75, 3.05) is 5.32 Å². The van der Waals surface area contributed by atoms with Crippen LogP contribution in [0.4, 0.5) is 5.69 Å². The van der Waals surface area contributed by atoms with Crippen molar-refractivity contribution in [2.24, 2.45) is 0 Å². The lowest BCUT2D eigenvalue weighted by Gasteiger charge is -2.08. The third kappa shape index (κ3) is 2.91. The highest BCUT2D eigenvalue weighted by Crippen LogP contribution is 2.17. The molecule has 2 aromatic rings. The lowest BCUT2D eigenvalue weighted by atomic mass is 10.0. The van der Waals surface area contributed by atoms with E-state index in [1.807, 2.05) is 24.3 Å². The molecule has 0 aliphatic rings. The van der Waals surface area contributed by atoms with Crippen LogP contribution in [0.3, 0.4) is 0 Å². The Morgan fingerprint density at radius 2 is 1.72 bits per heavy atom. The van der Waals surface area contributed by atoms with Gasteiger partial charge in [-0.15, -0.1) is 0 Å². The largest absolute Gasteiger partial charge is 0.322 e. The third-order valence-corrected chi connectivity index (χ3v) is 2.66. The molecule has 4 nitrogen and oxygen atoms in total. The second-order valence-electron chi connectivity index (χ2n) is 4.36. The normalized spacial score (nSPS) is 10.4. The number of hydrogen-bond donors (Lipinski definition) is 1. The molecule has 0 aliphatic carbocycles. The van der Waals surface area contributed by atoms with Crippen LogP contribution in [0.25, 0.3) is 0 Å². The van der Waals surface area contributed by atoms with E-state index >= 15 is 0 Å². The van der Waals surface area contributed by atoms with Crippen LogP contribution < -0.4 is 5.32 Å². The van der Waals surface area contributed by atoms with Gasteiger partial charge >= 0.3 is 0 Å². The number of carbonyl (C=O) groups is 1. The lowest BCUT2D eigenvalue weighted by Crippen LogP contribution is -2.12. The highest BCUT2D eigenvalue weighted by atomic mass is 16.1. The van der Waals surface area contributed by atoms with Gasteiger partial charge < -0.3 is 5.32 Å². The van der Waals surface area contributed by atoms with Gasteiger partial charge in [-0.05, 0) is 23.6 Å². The van der Waals surface area contributed by atoms with Crippen LogP contribution in [0.2, 0.25) is 0 Å². The average Bonchev–Trinajstić information content (AvgIpc) is 2.40. The summed E-state index contributed by atoms with van der Waals surface area (Å²) in [5.41, 5.74) is 2.47. The Morgan fingerprint density at radius 3 is 2.28 bits per heavy atom. The third-order valence-electron chi connectivity index (χ3n) is 2.66. The Balaban J connectivity index is 2.08. The smallest absolute Gasteiger partial charge is 0.258 e. The molecule has 0 saturated heterocycles. The summed E-state index contributed by atoms with van der Waals surface area (Å²) in [6.07, 6.45) is 4.38. The Bertz CT molecular complexity index is 520. The van der Waals surface area contributed by atoms with Gasteiger partial charge in [0, 0.05) is 18.1 Å². The summed E-state index contributed by atoms with van der Waals surface area (Å²) in [5.74, 6) is 0.283. The zero-order valence-corrected chi connectivity index (χ0v) is 10.4. The van der Waals surface area contributed by atoms with E-state index in [-0.39, 0.29) is 5.91 Å². The molecule has 0 bridgehead atoms. The van der Waals surface area contributed by atoms with Crippen molar-refractivity contribution >= 4 is 11.6 Å². The second-order valence-corrected chi connectivity index (χ2v) is 4.36. The molecule has 0 aliphatic heterocycles. The van der Waals surface area contributed by atoms with Crippen LogP contribution in [0, 0.1) is 0 Å². The number of amides is 1. The summed E-state index contributed by atoms with van der Waals surface area (Å²) >= 11 is 0. The van der Waals surface area contributed by atoms with Crippen molar-refractivity contribution in [3.63, 3.8) is 0 Å². The Morgan fingerprint density at radius 1 is 1.11 bits per heavy atom. The lowest BCUT2D eigenvalue weighted by molar-refractivity contribution is 0.102. The molecule has 2 rings (SSSR count). The van der Waals surface area contributed by atoms with Crippen LogP contribution in [-0.2, 0) is 0 Å². The number of hydrogen-bond acceptors (Lipinski definition) is 3. The quantitative estimate of drug-likeness (QED) is 0.899. The minimum atomic E-state index is -0.201. The fourth-order valence-electron chi connectivity index (χ4n) is 1.57. The van der Waals surface area contributed by atoms with Crippen LogP contribution in [0.1, 0.15) is 35.7 Å². The van der Waals surface area contributed by atoms with Crippen LogP contribution in [-0.4, -0.2) is 15.9 Å². The molecule has 18 heavy (non-hydrogen) atoms. The van der Waals surface area contributed by atoms with Crippen LogP contribution in [0.15, 0.2) is 43.0 Å². The molecule has 0 spiro atoms. The monoisotopic (exact) mass is 241 g/mol. The summed E-state index contributed by atoms with van der Waals surface area (Å²) < 4.78 is 0. The van der Waals surface area contributed by atoms with Crippen LogP contribution in [0.5, 0.6) is 0 Å². The molecule has 0 fully saturated rings. The SMILES string of the molecule is CC(C)c1ccc(NC(=O)c2cncnc2)cc1. The maximum absolute atomic E-state index is 11.8. The first-order chi connectivity index (χ1) is 8.66. The zero-order valence-electron chi connectivity index (χ0n) is 10.4. The summed E-state index contributed by atoms with van der Waals surface area (Å²) in [5, 5.41) is 2.81. The second kappa shape index (κ2) is 5.40. The average molecular weight is 241 g/mol. The molecule has 0 atom stereocenters. The Hall–Kier alpha value is -2.23. The molecule has 92 valence electrons. The summed E-state index contributed by atoms with van der Waals surface area (Å²) in [6.45, 7) is 4.27. The fraction of sp³-hybridized carbons (Fsp3) is 0.214. The summed E-state index contributed by atoms with van der Waals surface area (Å²) in [6, 6.07) is 7.83. The van der Waals surface area contributed by atoms with Crippen molar-refractivity contribution in [1.29, 1.82) is 0 Å². The maximum atomic E-state index is 11.8. The molecule has 1 amide bonds. The van der Waals surface area contributed by atoms with Crippen molar-refractivity contribution < 1.29 is 4.79 Å². The van der Waals surface area contributed by atoms with E-state index in [0.717, 1.165) is 5.69 Å². The van der Waals surface area contributed by atoms with E-state index in [9.17, 15) is 4.79 Å². The van der Waals surface area contributed by atoms with E-state index in [1.165, 1.54) is 24.3 Å². The van der Waals surface area contributed by atoms with Crippen molar-refractivity contribution in [2.45, 2.75) is 19.8 Å². The number of anilines is 1. The van der Waals surface area contributed by atoms with Crippen LogP contribution >= 0.6 is 0 Å². The van der Waals surface area contributed by atoms with E-state index in [0.29, 0.717) is 11.5 Å². The minimum absolute atomic E-state index is 0.201. The number of nitrogens with one attached hydrogen (secondary N) is 1. The number of nitrogens with zero attached hydrogens (tertiary/aromatic N) is 2. The number of carbonyl (C=O) groups excluding carboxylic acids is 1. The molecule has 4 heteroatoms. The van der Waals surface area contributed by atoms with E-state index in [2.05, 4.69) is 29.1 Å². The van der Waals surface area contributed by atoms with Gasteiger partial charge in [0.15, 0.2) is 0 Å². The first kappa shape index (κ1) is 12.2. The predicted octanol–water partition coefficient (Wildman–Crippen LogP) is 2.85. The van der Waals surface area contributed by atoms with Crippen molar-refractivity contribution in [1.82, 2.24) is 9.97 Å². The van der Waals surface area contributed by atoms with Crippen molar-refractivity contribution in [3.05, 3.63) is 54.1 Å². The van der Waals surface area contributed by atoms with Gasteiger partial charge in [-0.25, -0.2) is 9.97 Å². The number of rotatable bonds is 3. The predicted molar refractivity (Wildman–Crippen MR) is 70.5 cm³/mol. The van der Waals surface area contributed by atoms with Gasteiger partial charge in [-0.1, -0.05) is 26.0 Å². The molecular formula is C14H15N3O. The van der Waals surface area contributed by atoms with Gasteiger partial charge in [0.2, 0.25) is 0 Å². The van der Waals surface area contributed by atoms with Gasteiger partial charge in [0.05, 0.1) is 5.56 Å². The van der Waals surface area contributed by atoms with Gasteiger partial charge in [0.25, 0.3) is 5.91 Å². The topological polar surface area (TPSA) is 54.9 Å². The maximum Gasteiger partial charge on any atom is 0.258 e. The molecule has 0 saturated carbocycles. The Labute approximate surface area is 106 Å². The molecule has 0 unspecified atom stereocenters. The summed E-state index contributed by atoms with van der Waals surface area (Å²) in [4.78, 5) is 19.5. The highest BCUT2D eigenvalue weighted by molar-refractivity contribution is 6.03. The van der Waals surface area contributed by atoms with Gasteiger partial charge in [-0.3, -0.25) is 4.79 Å². The van der Waals surface area contributed by atoms with E-state index in [4.69, 9.17) is 0 Å². The van der Waals surface area contributed by atoms with E-state index < -0.39 is 0 Å². The standard InChI is InChI=1S/C14H15N3O/c1-10(2)11-3-5-13(6-4-11)17-14(18)12-7-15-9-16-8-12/h3-10H,1-2H3,(H,17,18).